The molecule has 0 atom stereocenters. The van der Waals surface area contributed by atoms with Crippen molar-refractivity contribution in [3.8, 4) is 0 Å². The fourth-order valence-electron chi connectivity index (χ4n) is 5.17. The molecule has 2 aliphatic heterocycles. The zero-order valence-corrected chi connectivity index (χ0v) is 18.5. The quantitative estimate of drug-likeness (QED) is 0.758. The van der Waals surface area contributed by atoms with Gasteiger partial charge in [0, 0.05) is 50.8 Å². The molecule has 1 aromatic heterocycles. The Balaban J connectivity index is 1.52. The van der Waals surface area contributed by atoms with Crippen LogP contribution < -0.4 is 10.2 Å². The van der Waals surface area contributed by atoms with Crippen LogP contribution in [0.3, 0.4) is 0 Å². The summed E-state index contributed by atoms with van der Waals surface area (Å²) < 4.78 is 11.0. The lowest BCUT2D eigenvalue weighted by Gasteiger charge is -2.35. The van der Waals surface area contributed by atoms with Crippen molar-refractivity contribution in [2.24, 2.45) is 5.92 Å². The van der Waals surface area contributed by atoms with E-state index in [0.717, 1.165) is 54.0 Å². The van der Waals surface area contributed by atoms with E-state index in [1.54, 1.807) is 13.3 Å². The number of carbonyl (C=O) groups is 1. The zero-order valence-electron chi connectivity index (χ0n) is 18.5. The molecule has 0 bridgehead atoms. The normalized spacial score (nSPS) is 24.6. The van der Waals surface area contributed by atoms with Gasteiger partial charge in [-0.25, -0.2) is 4.98 Å². The number of hydrogen-bond donors (Lipinski definition) is 2. The van der Waals surface area contributed by atoms with Gasteiger partial charge in [-0.15, -0.1) is 0 Å². The number of nitrogens with one attached hydrogen (secondary N) is 1. The third-order valence-corrected chi connectivity index (χ3v) is 7.24. The second-order valence-corrected chi connectivity index (χ2v) is 9.15. The lowest BCUT2D eigenvalue weighted by molar-refractivity contribution is -0.124. The predicted octanol–water partition coefficient (Wildman–Crippen LogP) is 3.88. The van der Waals surface area contributed by atoms with Gasteiger partial charge in [0.25, 0.3) is 0 Å². The topological polar surface area (TPSA) is 83.9 Å². The summed E-state index contributed by atoms with van der Waals surface area (Å²) in [6, 6.07) is 9.81. The summed E-state index contributed by atoms with van der Waals surface area (Å²) in [7, 11) is 1.75. The minimum atomic E-state index is -0.935. The van der Waals surface area contributed by atoms with E-state index in [-0.39, 0.29) is 17.9 Å². The highest BCUT2D eigenvalue weighted by Crippen LogP contribution is 2.41. The molecule has 0 radical (unpaired) electrons. The Kier molecular flexibility index (Phi) is 5.88. The van der Waals surface area contributed by atoms with Gasteiger partial charge in [0.1, 0.15) is 5.82 Å². The summed E-state index contributed by atoms with van der Waals surface area (Å²) in [5, 5.41) is 14.7. The maximum absolute atomic E-state index is 13.8. The first-order chi connectivity index (χ1) is 15.6. The molecule has 7 nitrogen and oxygen atoms in total. The van der Waals surface area contributed by atoms with Crippen molar-refractivity contribution >= 4 is 23.1 Å². The van der Waals surface area contributed by atoms with Gasteiger partial charge < -0.3 is 24.8 Å². The Labute approximate surface area is 188 Å². The first-order valence-electron chi connectivity index (χ1n) is 11.6. The van der Waals surface area contributed by atoms with Crippen LogP contribution in [0, 0.1) is 5.92 Å². The number of pyridine rings is 1. The Morgan fingerprint density at radius 2 is 2.00 bits per heavy atom. The number of aliphatic hydroxyl groups is 1. The van der Waals surface area contributed by atoms with E-state index in [4.69, 9.17) is 9.47 Å². The van der Waals surface area contributed by atoms with E-state index in [1.165, 1.54) is 0 Å². The monoisotopic (exact) mass is 437 g/mol. The number of aromatic nitrogens is 1. The summed E-state index contributed by atoms with van der Waals surface area (Å²) in [5.74, 6) is 0.877. The number of fused-ring (bicyclic) bond motifs is 2. The highest BCUT2D eigenvalue weighted by Gasteiger charge is 2.36. The Morgan fingerprint density at radius 3 is 2.75 bits per heavy atom. The summed E-state index contributed by atoms with van der Waals surface area (Å²) >= 11 is 0. The molecule has 2 fully saturated rings. The van der Waals surface area contributed by atoms with E-state index in [9.17, 15) is 9.90 Å². The van der Waals surface area contributed by atoms with E-state index in [1.807, 2.05) is 35.2 Å². The number of nitrogens with zero attached hydrogens (tertiary/aromatic N) is 2. The summed E-state index contributed by atoms with van der Waals surface area (Å²) in [6.45, 7) is 1.52. The van der Waals surface area contributed by atoms with Crippen molar-refractivity contribution in [3.63, 3.8) is 0 Å². The van der Waals surface area contributed by atoms with Crippen LogP contribution in [-0.2, 0) is 26.4 Å². The molecule has 3 heterocycles. The Morgan fingerprint density at radius 1 is 1.22 bits per heavy atom. The molecule has 7 heteroatoms. The first-order valence-corrected chi connectivity index (χ1v) is 11.6. The average molecular weight is 438 g/mol. The van der Waals surface area contributed by atoms with Crippen molar-refractivity contribution in [3.05, 3.63) is 47.7 Å². The van der Waals surface area contributed by atoms with Crippen LogP contribution in [0.15, 0.2) is 36.5 Å². The highest BCUT2D eigenvalue weighted by atomic mass is 16.5. The van der Waals surface area contributed by atoms with Gasteiger partial charge in [-0.3, -0.25) is 4.79 Å². The third-order valence-electron chi connectivity index (χ3n) is 7.24. The molecule has 1 saturated heterocycles. The van der Waals surface area contributed by atoms with Gasteiger partial charge in [0.15, 0.2) is 0 Å². The fraction of sp³-hybridized carbons (Fsp3) is 0.520. The van der Waals surface area contributed by atoms with E-state index in [2.05, 4.69) is 10.3 Å². The predicted molar refractivity (Wildman–Crippen MR) is 122 cm³/mol. The number of carbonyl (C=O) groups excluding carboxylic acids is 1. The molecule has 170 valence electrons. The van der Waals surface area contributed by atoms with E-state index in [0.29, 0.717) is 32.6 Å². The van der Waals surface area contributed by atoms with Gasteiger partial charge in [-0.05, 0) is 49.4 Å². The van der Waals surface area contributed by atoms with E-state index >= 15 is 0 Å². The molecule has 2 aromatic rings. The Bertz CT molecular complexity index is 981. The van der Waals surface area contributed by atoms with Crippen LogP contribution in [0.4, 0.5) is 17.2 Å². The molecule has 1 aromatic carbocycles. The van der Waals surface area contributed by atoms with Crippen molar-refractivity contribution in [1.29, 1.82) is 0 Å². The maximum Gasteiger partial charge on any atom is 0.230 e. The second-order valence-electron chi connectivity index (χ2n) is 9.15. The van der Waals surface area contributed by atoms with Crippen molar-refractivity contribution in [1.82, 2.24) is 4.98 Å². The molecule has 1 amide bonds. The van der Waals surface area contributed by atoms with Gasteiger partial charge in [-0.1, -0.05) is 12.1 Å². The first kappa shape index (κ1) is 21.4. The van der Waals surface area contributed by atoms with Crippen molar-refractivity contribution in [2.45, 2.75) is 56.8 Å². The second kappa shape index (κ2) is 8.81. The van der Waals surface area contributed by atoms with Gasteiger partial charge >= 0.3 is 0 Å². The van der Waals surface area contributed by atoms with Gasteiger partial charge in [-0.2, -0.15) is 0 Å². The average Bonchev–Trinajstić information content (AvgIpc) is 3.00. The molecule has 0 unspecified atom stereocenters. The summed E-state index contributed by atoms with van der Waals surface area (Å²) in [6.07, 6.45) is 6.58. The van der Waals surface area contributed by atoms with Crippen molar-refractivity contribution in [2.75, 3.05) is 30.5 Å². The smallest absolute Gasteiger partial charge is 0.230 e. The number of hydrogen-bond acceptors (Lipinski definition) is 6. The minimum Gasteiger partial charge on any atom is -0.385 e. The van der Waals surface area contributed by atoms with Crippen LogP contribution in [0.1, 0.15) is 49.7 Å². The number of benzene rings is 1. The molecular formula is C25H31N3O4. The molecule has 1 aliphatic carbocycles. The largest absolute Gasteiger partial charge is 0.385 e. The van der Waals surface area contributed by atoms with E-state index < -0.39 is 5.60 Å². The van der Waals surface area contributed by atoms with Gasteiger partial charge in [0.2, 0.25) is 5.91 Å². The van der Waals surface area contributed by atoms with Crippen LogP contribution in [0.25, 0.3) is 0 Å². The van der Waals surface area contributed by atoms with Crippen molar-refractivity contribution < 1.29 is 19.4 Å². The number of rotatable bonds is 3. The van der Waals surface area contributed by atoms with Crippen LogP contribution in [0.2, 0.25) is 0 Å². The SMILES string of the molecule is COC1CCC(C(=O)N2Cc3cccnc3Nc3ccc(C4(O)CCOCC4)cc32)CC1. The molecule has 0 spiro atoms. The number of amides is 1. The van der Waals surface area contributed by atoms with Crippen LogP contribution >= 0.6 is 0 Å². The van der Waals surface area contributed by atoms with Crippen LogP contribution in [0.5, 0.6) is 0 Å². The highest BCUT2D eigenvalue weighted by molar-refractivity contribution is 5.99. The molecule has 5 rings (SSSR count). The number of anilines is 3. The zero-order chi connectivity index (χ0) is 22.1. The molecule has 1 saturated carbocycles. The van der Waals surface area contributed by atoms with Crippen LogP contribution in [-0.4, -0.2) is 42.4 Å². The summed E-state index contributed by atoms with van der Waals surface area (Å²) in [5.41, 5.74) is 2.52. The third kappa shape index (κ3) is 4.00. The Hall–Kier alpha value is -2.48. The standard InChI is InChI=1S/C25H31N3O4/c1-31-20-7-4-17(5-8-20)24(29)28-16-18-3-2-12-26-23(18)27-21-9-6-19(15-22(21)28)25(30)10-13-32-14-11-25/h2-3,6,9,12,15,17,20,30H,4-5,7-8,10-11,13-14,16H2,1H3,(H,26,27). The molecule has 32 heavy (non-hydrogen) atoms. The molecule has 3 aliphatic rings. The lowest BCUT2D eigenvalue weighted by atomic mass is 9.85. The summed E-state index contributed by atoms with van der Waals surface area (Å²) in [4.78, 5) is 20.2. The molecule has 2 N–H and O–H groups in total. The number of ether oxygens (including phenoxy) is 2. The molecular weight excluding hydrogens is 406 g/mol. The fourth-order valence-corrected chi connectivity index (χ4v) is 5.17. The lowest BCUT2D eigenvalue weighted by Crippen LogP contribution is -2.38. The number of methoxy groups -OCH3 is 1. The van der Waals surface area contributed by atoms with Gasteiger partial charge in [0.05, 0.1) is 29.6 Å². The minimum absolute atomic E-state index is 0.0257. The maximum atomic E-state index is 13.8.